The maximum atomic E-state index is 8.89. The summed E-state index contributed by atoms with van der Waals surface area (Å²) in [7, 11) is 0. The molecule has 1 aromatic heterocycles. The minimum Gasteiger partial charge on any atom is -0.348 e. The fourth-order valence-corrected chi connectivity index (χ4v) is 2.74. The molecule has 0 radical (unpaired) electrons. The Kier molecular flexibility index (Phi) is 2.08. The first-order valence-electron chi connectivity index (χ1n) is 5.68. The molecule has 16 heavy (non-hydrogen) atoms. The fourth-order valence-electron chi connectivity index (χ4n) is 2.74. The molecule has 3 heterocycles. The van der Waals surface area contributed by atoms with Gasteiger partial charge in [-0.15, -0.1) is 0 Å². The number of piperazine rings is 1. The van der Waals surface area contributed by atoms with Gasteiger partial charge < -0.3 is 10.2 Å². The van der Waals surface area contributed by atoms with Gasteiger partial charge in [0.2, 0.25) is 0 Å². The van der Waals surface area contributed by atoms with E-state index in [4.69, 9.17) is 5.26 Å². The van der Waals surface area contributed by atoms with E-state index < -0.39 is 0 Å². The zero-order valence-corrected chi connectivity index (χ0v) is 9.27. The van der Waals surface area contributed by atoms with Crippen LogP contribution in [0, 0.1) is 11.3 Å². The number of nitrogens with one attached hydrogen (secondary N) is 1. The molecule has 3 rings (SSSR count). The summed E-state index contributed by atoms with van der Waals surface area (Å²) in [6.07, 6.45) is 1.05. The molecule has 0 spiro atoms. The molecule has 0 saturated carbocycles. The third-order valence-electron chi connectivity index (χ3n) is 3.46. The number of fused-ring (bicyclic) bond motifs is 3. The van der Waals surface area contributed by atoms with Crippen LogP contribution in [0.4, 0.5) is 5.82 Å². The highest BCUT2D eigenvalue weighted by Crippen LogP contribution is 2.33. The lowest BCUT2D eigenvalue weighted by Crippen LogP contribution is -2.55. The van der Waals surface area contributed by atoms with E-state index in [1.54, 1.807) is 0 Å². The van der Waals surface area contributed by atoms with Gasteiger partial charge in [-0.2, -0.15) is 5.26 Å². The van der Waals surface area contributed by atoms with Crippen molar-refractivity contribution < 1.29 is 0 Å². The van der Waals surface area contributed by atoms with Crippen molar-refractivity contribution in [2.24, 2.45) is 0 Å². The molecule has 0 unspecified atom stereocenters. The van der Waals surface area contributed by atoms with Gasteiger partial charge in [-0.05, 0) is 25.0 Å². The molecule has 2 aliphatic rings. The van der Waals surface area contributed by atoms with Crippen LogP contribution in [0.3, 0.4) is 0 Å². The highest BCUT2D eigenvalue weighted by atomic mass is 15.3. The van der Waals surface area contributed by atoms with E-state index in [-0.39, 0.29) is 0 Å². The molecule has 2 aliphatic heterocycles. The average Bonchev–Trinajstić information content (AvgIpc) is 2.67. The SMILES string of the molecule is C[C@@H]1CNC[C@H]2Cc3ccc(C#N)nc3N21. The van der Waals surface area contributed by atoms with Crippen molar-refractivity contribution in [3.8, 4) is 6.07 Å². The lowest BCUT2D eigenvalue weighted by atomic mass is 10.1. The fraction of sp³-hybridized carbons (Fsp3) is 0.500. The minimum atomic E-state index is 0.460. The van der Waals surface area contributed by atoms with Crippen molar-refractivity contribution >= 4 is 5.82 Å². The van der Waals surface area contributed by atoms with Gasteiger partial charge in [-0.1, -0.05) is 6.07 Å². The maximum absolute atomic E-state index is 8.89. The summed E-state index contributed by atoms with van der Waals surface area (Å²) in [4.78, 5) is 6.81. The molecule has 0 amide bonds. The van der Waals surface area contributed by atoms with Crippen LogP contribution in [0.15, 0.2) is 12.1 Å². The second-order valence-corrected chi connectivity index (χ2v) is 4.56. The molecule has 2 atom stereocenters. The molecule has 4 nitrogen and oxygen atoms in total. The summed E-state index contributed by atoms with van der Waals surface area (Å²) in [5.74, 6) is 1.03. The molecule has 0 aliphatic carbocycles. The summed E-state index contributed by atoms with van der Waals surface area (Å²) in [6.45, 7) is 4.21. The Hall–Kier alpha value is -1.60. The van der Waals surface area contributed by atoms with Crippen LogP contribution in [0.5, 0.6) is 0 Å². The quantitative estimate of drug-likeness (QED) is 0.690. The molecule has 1 N–H and O–H groups in total. The van der Waals surface area contributed by atoms with Gasteiger partial charge in [0.25, 0.3) is 0 Å². The number of hydrogen-bond donors (Lipinski definition) is 1. The molecule has 0 bridgehead atoms. The zero-order valence-electron chi connectivity index (χ0n) is 9.27. The smallest absolute Gasteiger partial charge is 0.142 e. The van der Waals surface area contributed by atoms with Gasteiger partial charge in [-0.25, -0.2) is 4.98 Å². The van der Waals surface area contributed by atoms with Crippen molar-refractivity contribution in [3.63, 3.8) is 0 Å². The standard InChI is InChI=1S/C12H14N4/c1-8-6-14-7-11-4-9-2-3-10(5-13)15-12(9)16(8)11/h2-3,8,11,14H,4,6-7H2,1H3/t8-,11-/m1/s1. The van der Waals surface area contributed by atoms with Crippen molar-refractivity contribution in [2.75, 3.05) is 18.0 Å². The van der Waals surface area contributed by atoms with Crippen LogP contribution in [0.25, 0.3) is 0 Å². The Morgan fingerprint density at radius 3 is 3.19 bits per heavy atom. The van der Waals surface area contributed by atoms with Gasteiger partial charge in [0.05, 0.1) is 0 Å². The Balaban J connectivity index is 2.05. The van der Waals surface area contributed by atoms with Crippen LogP contribution in [0.1, 0.15) is 18.2 Å². The van der Waals surface area contributed by atoms with Crippen molar-refractivity contribution in [2.45, 2.75) is 25.4 Å². The largest absolute Gasteiger partial charge is 0.348 e. The highest BCUT2D eigenvalue weighted by molar-refractivity contribution is 5.57. The Morgan fingerprint density at radius 2 is 2.38 bits per heavy atom. The van der Waals surface area contributed by atoms with Crippen molar-refractivity contribution in [1.29, 1.82) is 5.26 Å². The summed E-state index contributed by atoms with van der Waals surface area (Å²) in [5, 5.41) is 12.3. The highest BCUT2D eigenvalue weighted by Gasteiger charge is 2.36. The van der Waals surface area contributed by atoms with Crippen LogP contribution in [-0.2, 0) is 6.42 Å². The molecule has 1 aromatic rings. The normalized spacial score (nSPS) is 27.1. The second kappa shape index (κ2) is 3.46. The summed E-state index contributed by atoms with van der Waals surface area (Å²) < 4.78 is 0. The van der Waals surface area contributed by atoms with Gasteiger partial charge >= 0.3 is 0 Å². The Bertz CT molecular complexity index is 463. The van der Waals surface area contributed by atoms with Crippen molar-refractivity contribution in [1.82, 2.24) is 10.3 Å². The topological polar surface area (TPSA) is 52.0 Å². The zero-order chi connectivity index (χ0) is 11.1. The van der Waals surface area contributed by atoms with E-state index in [0.717, 1.165) is 25.3 Å². The number of hydrogen-bond acceptors (Lipinski definition) is 4. The van der Waals surface area contributed by atoms with E-state index >= 15 is 0 Å². The van der Waals surface area contributed by atoms with Gasteiger partial charge in [0, 0.05) is 25.2 Å². The van der Waals surface area contributed by atoms with Gasteiger partial charge in [-0.3, -0.25) is 0 Å². The van der Waals surface area contributed by atoms with E-state index in [2.05, 4.69) is 28.2 Å². The van der Waals surface area contributed by atoms with E-state index in [9.17, 15) is 0 Å². The predicted molar refractivity (Wildman–Crippen MR) is 61.3 cm³/mol. The lowest BCUT2D eigenvalue weighted by molar-refractivity contribution is 0.428. The number of pyridine rings is 1. The van der Waals surface area contributed by atoms with E-state index in [1.165, 1.54) is 5.56 Å². The van der Waals surface area contributed by atoms with Gasteiger partial charge in [0.1, 0.15) is 17.6 Å². The van der Waals surface area contributed by atoms with Crippen LogP contribution >= 0.6 is 0 Å². The third kappa shape index (κ3) is 1.29. The molecular formula is C12H14N4. The summed E-state index contributed by atoms with van der Waals surface area (Å²) in [6, 6.07) is 6.95. The summed E-state index contributed by atoms with van der Waals surface area (Å²) >= 11 is 0. The summed E-state index contributed by atoms with van der Waals surface area (Å²) in [5.41, 5.74) is 1.80. The number of aromatic nitrogens is 1. The van der Waals surface area contributed by atoms with Crippen molar-refractivity contribution in [3.05, 3.63) is 23.4 Å². The first-order chi connectivity index (χ1) is 7.79. The number of nitrogens with zero attached hydrogens (tertiary/aromatic N) is 3. The molecule has 1 fully saturated rings. The minimum absolute atomic E-state index is 0.460. The van der Waals surface area contributed by atoms with Gasteiger partial charge in [0.15, 0.2) is 0 Å². The molecule has 4 heteroatoms. The Labute approximate surface area is 94.9 Å². The second-order valence-electron chi connectivity index (χ2n) is 4.56. The molecule has 82 valence electrons. The van der Waals surface area contributed by atoms with E-state index in [1.807, 2.05) is 12.1 Å². The van der Waals surface area contributed by atoms with Crippen LogP contribution < -0.4 is 10.2 Å². The molecule has 1 saturated heterocycles. The number of nitriles is 1. The number of anilines is 1. The first kappa shape index (κ1) is 9.61. The van der Waals surface area contributed by atoms with E-state index in [0.29, 0.717) is 17.8 Å². The lowest BCUT2D eigenvalue weighted by Gasteiger charge is -2.37. The Morgan fingerprint density at radius 1 is 1.50 bits per heavy atom. The predicted octanol–water partition coefficient (Wildman–Crippen LogP) is 0.676. The molecular weight excluding hydrogens is 200 g/mol. The molecule has 0 aromatic carbocycles. The first-order valence-corrected chi connectivity index (χ1v) is 5.68. The van der Waals surface area contributed by atoms with Crippen LogP contribution in [0.2, 0.25) is 0 Å². The average molecular weight is 214 g/mol. The number of rotatable bonds is 0. The maximum Gasteiger partial charge on any atom is 0.142 e. The monoisotopic (exact) mass is 214 g/mol. The van der Waals surface area contributed by atoms with Crippen LogP contribution in [-0.4, -0.2) is 30.2 Å². The third-order valence-corrected chi connectivity index (χ3v) is 3.46.